The van der Waals surface area contributed by atoms with Crippen LogP contribution in [0.2, 0.25) is 0 Å². The molecule has 1 saturated carbocycles. The Hall–Kier alpha value is -2.15. The van der Waals surface area contributed by atoms with Gasteiger partial charge in [-0.05, 0) is 39.1 Å². The maximum Gasteiger partial charge on any atom is 0.233 e. The molecular weight excluding hydrogens is 334 g/mol. The standard InChI is InChI=1S/C19H27N3O4/c1-21(2)15(16-8-5-11-26-16)12-20-17(23)9-10-22-18(24)13-6-3-4-7-14(13)19(22)25/h5,8,11,13-15H,3-4,6-7,9-10,12H2,1-2H3,(H,20,23)/t13-,14-,15-/m0/s1. The lowest BCUT2D eigenvalue weighted by molar-refractivity contribution is -0.140. The number of hydrogen-bond acceptors (Lipinski definition) is 5. The molecule has 2 fully saturated rings. The highest BCUT2D eigenvalue weighted by molar-refractivity contribution is 6.05. The third-order valence-corrected chi connectivity index (χ3v) is 5.48. The predicted molar refractivity (Wildman–Crippen MR) is 94.9 cm³/mol. The van der Waals surface area contributed by atoms with Crippen molar-refractivity contribution in [2.45, 2.75) is 38.1 Å². The van der Waals surface area contributed by atoms with Gasteiger partial charge in [0.1, 0.15) is 5.76 Å². The number of amides is 3. The topological polar surface area (TPSA) is 82.9 Å². The van der Waals surface area contributed by atoms with Gasteiger partial charge in [-0.2, -0.15) is 0 Å². The van der Waals surface area contributed by atoms with Gasteiger partial charge < -0.3 is 9.73 Å². The fraction of sp³-hybridized carbons (Fsp3) is 0.632. The normalized spacial score (nSPS) is 24.0. The van der Waals surface area contributed by atoms with Crippen LogP contribution >= 0.6 is 0 Å². The summed E-state index contributed by atoms with van der Waals surface area (Å²) in [5, 5.41) is 2.88. The maximum absolute atomic E-state index is 12.4. The van der Waals surface area contributed by atoms with Crippen molar-refractivity contribution < 1.29 is 18.8 Å². The van der Waals surface area contributed by atoms with Crippen molar-refractivity contribution in [1.29, 1.82) is 0 Å². The van der Waals surface area contributed by atoms with Gasteiger partial charge in [-0.3, -0.25) is 24.2 Å². The molecule has 3 atom stereocenters. The zero-order valence-electron chi connectivity index (χ0n) is 15.4. The Morgan fingerprint density at radius 3 is 2.46 bits per heavy atom. The number of fused-ring (bicyclic) bond motifs is 1. The van der Waals surface area contributed by atoms with E-state index in [1.54, 1.807) is 6.26 Å². The molecule has 3 rings (SSSR count). The average Bonchev–Trinajstić information content (AvgIpc) is 3.22. The van der Waals surface area contributed by atoms with Crippen molar-refractivity contribution in [3.8, 4) is 0 Å². The second-order valence-electron chi connectivity index (χ2n) is 7.37. The van der Waals surface area contributed by atoms with E-state index in [1.165, 1.54) is 4.90 Å². The van der Waals surface area contributed by atoms with E-state index >= 15 is 0 Å². The molecule has 0 spiro atoms. The molecule has 2 heterocycles. The second-order valence-corrected chi connectivity index (χ2v) is 7.37. The molecular formula is C19H27N3O4. The first kappa shape index (κ1) is 18.6. The van der Waals surface area contributed by atoms with Gasteiger partial charge in [-0.25, -0.2) is 0 Å². The molecule has 1 saturated heterocycles. The van der Waals surface area contributed by atoms with E-state index in [0.717, 1.165) is 31.4 Å². The van der Waals surface area contributed by atoms with Crippen molar-refractivity contribution in [2.75, 3.05) is 27.2 Å². The Bertz CT molecular complexity index is 632. The van der Waals surface area contributed by atoms with Crippen LogP contribution in [0.4, 0.5) is 0 Å². The minimum Gasteiger partial charge on any atom is -0.468 e. The lowest BCUT2D eigenvalue weighted by Crippen LogP contribution is -2.38. The molecule has 7 nitrogen and oxygen atoms in total. The highest BCUT2D eigenvalue weighted by atomic mass is 16.3. The van der Waals surface area contributed by atoms with Crippen molar-refractivity contribution >= 4 is 17.7 Å². The van der Waals surface area contributed by atoms with Crippen LogP contribution in [-0.4, -0.2) is 54.7 Å². The van der Waals surface area contributed by atoms with Crippen molar-refractivity contribution in [2.24, 2.45) is 11.8 Å². The van der Waals surface area contributed by atoms with Gasteiger partial charge in [0.25, 0.3) is 0 Å². The Balaban J connectivity index is 1.49. The largest absolute Gasteiger partial charge is 0.468 e. The van der Waals surface area contributed by atoms with Crippen molar-refractivity contribution in [3.63, 3.8) is 0 Å². The second kappa shape index (κ2) is 8.03. The predicted octanol–water partition coefficient (Wildman–Crippen LogP) is 1.56. The lowest BCUT2D eigenvalue weighted by atomic mass is 9.81. The van der Waals surface area contributed by atoms with Gasteiger partial charge in [-0.15, -0.1) is 0 Å². The summed E-state index contributed by atoms with van der Waals surface area (Å²) in [6.45, 7) is 0.580. The first-order valence-electron chi connectivity index (χ1n) is 9.30. The molecule has 0 unspecified atom stereocenters. The summed E-state index contributed by atoms with van der Waals surface area (Å²) in [4.78, 5) is 40.3. The Morgan fingerprint density at radius 2 is 1.92 bits per heavy atom. The number of furan rings is 1. The summed E-state index contributed by atoms with van der Waals surface area (Å²) in [6, 6.07) is 3.63. The minimum absolute atomic E-state index is 0.0631. The monoisotopic (exact) mass is 361 g/mol. The zero-order valence-corrected chi connectivity index (χ0v) is 15.4. The number of rotatable bonds is 7. The van der Waals surface area contributed by atoms with E-state index in [2.05, 4.69) is 5.32 Å². The van der Waals surface area contributed by atoms with Crippen molar-refractivity contribution in [1.82, 2.24) is 15.1 Å². The Kier molecular flexibility index (Phi) is 5.76. The van der Waals surface area contributed by atoms with Gasteiger partial charge >= 0.3 is 0 Å². The molecule has 7 heteroatoms. The fourth-order valence-corrected chi connectivity index (χ4v) is 3.98. The van der Waals surface area contributed by atoms with Gasteiger partial charge in [0.2, 0.25) is 17.7 Å². The van der Waals surface area contributed by atoms with Crippen LogP contribution in [0.25, 0.3) is 0 Å². The minimum atomic E-state index is -0.168. The van der Waals surface area contributed by atoms with Crippen LogP contribution in [0, 0.1) is 11.8 Å². The number of carbonyl (C=O) groups excluding carboxylic acids is 3. The molecule has 142 valence electrons. The third kappa shape index (κ3) is 3.82. The summed E-state index contributed by atoms with van der Waals surface area (Å²) in [7, 11) is 3.84. The summed E-state index contributed by atoms with van der Waals surface area (Å²) >= 11 is 0. The molecule has 1 N–H and O–H groups in total. The molecule has 1 aromatic rings. The van der Waals surface area contributed by atoms with Crippen LogP contribution < -0.4 is 5.32 Å². The SMILES string of the molecule is CN(C)[C@@H](CNC(=O)CCN1C(=O)[C@H]2CCCC[C@@H]2C1=O)c1ccco1. The number of imide groups is 1. The van der Waals surface area contributed by atoms with Crippen LogP contribution in [0.1, 0.15) is 43.9 Å². The number of carbonyl (C=O) groups is 3. The highest BCUT2D eigenvalue weighted by Gasteiger charge is 2.47. The van der Waals surface area contributed by atoms with Gasteiger partial charge in [-0.1, -0.05) is 12.8 Å². The lowest BCUT2D eigenvalue weighted by Gasteiger charge is -2.23. The molecule has 1 aliphatic carbocycles. The number of likely N-dealkylation sites (tertiary alicyclic amines) is 1. The van der Waals surface area contributed by atoms with Crippen LogP contribution in [0.3, 0.4) is 0 Å². The number of likely N-dealkylation sites (N-methyl/N-ethyl adjacent to an activating group) is 1. The molecule has 3 amide bonds. The van der Waals surface area contributed by atoms with Crippen LogP contribution in [-0.2, 0) is 14.4 Å². The van der Waals surface area contributed by atoms with E-state index in [0.29, 0.717) is 6.54 Å². The molecule has 26 heavy (non-hydrogen) atoms. The third-order valence-electron chi connectivity index (χ3n) is 5.48. The van der Waals surface area contributed by atoms with E-state index in [9.17, 15) is 14.4 Å². The summed E-state index contributed by atoms with van der Waals surface area (Å²) in [6.07, 6.45) is 5.35. The summed E-state index contributed by atoms with van der Waals surface area (Å²) < 4.78 is 5.42. The van der Waals surface area contributed by atoms with Crippen molar-refractivity contribution in [3.05, 3.63) is 24.2 Å². The zero-order chi connectivity index (χ0) is 18.7. The van der Waals surface area contributed by atoms with Gasteiger partial charge in [0.15, 0.2) is 0 Å². The number of hydrogen-bond donors (Lipinski definition) is 1. The molecule has 0 bridgehead atoms. The van der Waals surface area contributed by atoms with E-state index in [4.69, 9.17) is 4.42 Å². The number of nitrogens with one attached hydrogen (secondary N) is 1. The fourth-order valence-electron chi connectivity index (χ4n) is 3.98. The van der Waals surface area contributed by atoms with E-state index < -0.39 is 0 Å². The molecule has 0 aromatic carbocycles. The quantitative estimate of drug-likeness (QED) is 0.746. The maximum atomic E-state index is 12.4. The smallest absolute Gasteiger partial charge is 0.233 e. The van der Waals surface area contributed by atoms with E-state index in [1.807, 2.05) is 31.1 Å². The van der Waals surface area contributed by atoms with Gasteiger partial charge in [0.05, 0.1) is 24.1 Å². The molecule has 1 aliphatic heterocycles. The Labute approximate surface area is 153 Å². The summed E-state index contributed by atoms with van der Waals surface area (Å²) in [5.41, 5.74) is 0. The molecule has 0 radical (unpaired) electrons. The highest BCUT2D eigenvalue weighted by Crippen LogP contribution is 2.37. The summed E-state index contributed by atoms with van der Waals surface area (Å²) in [5.74, 6) is 0.124. The first-order chi connectivity index (χ1) is 12.5. The van der Waals surface area contributed by atoms with Crippen LogP contribution in [0.5, 0.6) is 0 Å². The number of nitrogens with zero attached hydrogens (tertiary/aromatic N) is 2. The first-order valence-corrected chi connectivity index (χ1v) is 9.30. The van der Waals surface area contributed by atoms with E-state index in [-0.39, 0.29) is 48.6 Å². The van der Waals surface area contributed by atoms with Gasteiger partial charge in [0, 0.05) is 19.5 Å². The molecule has 1 aromatic heterocycles. The average molecular weight is 361 g/mol. The molecule has 2 aliphatic rings. The van der Waals surface area contributed by atoms with Crippen LogP contribution in [0.15, 0.2) is 22.8 Å². The Morgan fingerprint density at radius 1 is 1.27 bits per heavy atom.